The molecule has 0 bridgehead atoms. The van der Waals surface area contributed by atoms with Gasteiger partial charge in [-0.05, 0) is 24.6 Å². The Bertz CT molecular complexity index is 516. The van der Waals surface area contributed by atoms with Crippen molar-refractivity contribution in [1.29, 1.82) is 0 Å². The van der Waals surface area contributed by atoms with Crippen LogP contribution in [0.3, 0.4) is 0 Å². The number of aromatic nitrogens is 1. The fraction of sp³-hybridized carbons (Fsp3) is 0.250. The van der Waals surface area contributed by atoms with Gasteiger partial charge in [0.05, 0.1) is 6.61 Å². The van der Waals surface area contributed by atoms with Crippen LogP contribution in [0.5, 0.6) is 5.75 Å². The number of benzene rings is 1. The number of carboxylic acid groups (broad SMARTS) is 1. The molecule has 0 spiro atoms. The zero-order chi connectivity index (χ0) is 11.5. The van der Waals surface area contributed by atoms with Crippen LogP contribution < -0.4 is 4.74 Å². The van der Waals surface area contributed by atoms with E-state index in [9.17, 15) is 4.79 Å². The number of hydrogen-bond acceptors (Lipinski definition) is 2. The number of ether oxygens (including phenoxy) is 1. The number of rotatable bonds is 4. The Morgan fingerprint density at radius 1 is 1.50 bits per heavy atom. The molecule has 0 aliphatic rings. The quantitative estimate of drug-likeness (QED) is 0.830. The van der Waals surface area contributed by atoms with E-state index in [0.717, 1.165) is 23.1 Å². The average molecular weight is 219 g/mol. The van der Waals surface area contributed by atoms with Gasteiger partial charge in [0.15, 0.2) is 0 Å². The van der Waals surface area contributed by atoms with E-state index in [1.54, 1.807) is 6.07 Å². The van der Waals surface area contributed by atoms with Gasteiger partial charge in [-0.1, -0.05) is 13.0 Å². The van der Waals surface area contributed by atoms with Gasteiger partial charge in [0, 0.05) is 10.9 Å². The fourth-order valence-corrected chi connectivity index (χ4v) is 1.58. The van der Waals surface area contributed by atoms with E-state index in [1.807, 2.05) is 25.1 Å². The molecule has 0 saturated heterocycles. The van der Waals surface area contributed by atoms with E-state index in [-0.39, 0.29) is 5.69 Å². The average Bonchev–Trinajstić information content (AvgIpc) is 2.70. The lowest BCUT2D eigenvalue weighted by molar-refractivity contribution is 0.0691. The van der Waals surface area contributed by atoms with Crippen molar-refractivity contribution < 1.29 is 14.6 Å². The van der Waals surface area contributed by atoms with Gasteiger partial charge in [0.25, 0.3) is 0 Å². The lowest BCUT2D eigenvalue weighted by atomic mass is 10.2. The summed E-state index contributed by atoms with van der Waals surface area (Å²) >= 11 is 0. The summed E-state index contributed by atoms with van der Waals surface area (Å²) in [5, 5.41) is 9.69. The normalized spacial score (nSPS) is 10.6. The topological polar surface area (TPSA) is 62.3 Å². The minimum Gasteiger partial charge on any atom is -0.493 e. The third kappa shape index (κ3) is 1.86. The number of nitrogens with one attached hydrogen (secondary N) is 1. The third-order valence-electron chi connectivity index (χ3n) is 2.32. The summed E-state index contributed by atoms with van der Waals surface area (Å²) in [7, 11) is 0. The molecule has 0 radical (unpaired) electrons. The van der Waals surface area contributed by atoms with Crippen LogP contribution in [0.25, 0.3) is 10.9 Å². The summed E-state index contributed by atoms with van der Waals surface area (Å²) in [5.41, 5.74) is 0.966. The number of carboxylic acids is 1. The van der Waals surface area contributed by atoms with Crippen LogP contribution in [0.4, 0.5) is 0 Å². The lowest BCUT2D eigenvalue weighted by Gasteiger charge is -2.04. The molecule has 1 aromatic carbocycles. The molecule has 0 saturated carbocycles. The molecule has 0 aliphatic heterocycles. The Labute approximate surface area is 92.9 Å². The standard InChI is InChI=1S/C12H13NO3/c1-2-6-16-11-5-3-4-9-8(11)7-10(13-9)12(14)15/h3-5,7,13H,2,6H2,1H3,(H,14,15). The first-order valence-corrected chi connectivity index (χ1v) is 5.20. The number of H-pyrrole nitrogens is 1. The molecular formula is C12H13NO3. The van der Waals surface area contributed by atoms with Crippen LogP contribution in [0, 0.1) is 0 Å². The number of carbonyl (C=O) groups is 1. The molecule has 0 fully saturated rings. The fourth-order valence-electron chi connectivity index (χ4n) is 1.58. The van der Waals surface area contributed by atoms with Gasteiger partial charge in [0.2, 0.25) is 0 Å². The van der Waals surface area contributed by atoms with Crippen molar-refractivity contribution in [3.05, 3.63) is 30.0 Å². The minimum absolute atomic E-state index is 0.183. The van der Waals surface area contributed by atoms with Crippen molar-refractivity contribution in [3.8, 4) is 5.75 Å². The first kappa shape index (κ1) is 10.5. The van der Waals surface area contributed by atoms with E-state index in [0.29, 0.717) is 6.61 Å². The highest BCUT2D eigenvalue weighted by Crippen LogP contribution is 2.26. The van der Waals surface area contributed by atoms with Gasteiger partial charge in [0.1, 0.15) is 11.4 Å². The molecular weight excluding hydrogens is 206 g/mol. The van der Waals surface area contributed by atoms with Crippen molar-refractivity contribution in [2.24, 2.45) is 0 Å². The maximum absolute atomic E-state index is 10.8. The molecule has 2 rings (SSSR count). The second kappa shape index (κ2) is 4.26. The first-order chi connectivity index (χ1) is 7.72. The molecule has 4 heteroatoms. The molecule has 2 aromatic rings. The Morgan fingerprint density at radius 2 is 2.31 bits per heavy atom. The van der Waals surface area contributed by atoms with Crippen molar-refractivity contribution in [2.45, 2.75) is 13.3 Å². The van der Waals surface area contributed by atoms with E-state index < -0.39 is 5.97 Å². The number of fused-ring (bicyclic) bond motifs is 1. The second-order valence-electron chi connectivity index (χ2n) is 3.55. The first-order valence-electron chi connectivity index (χ1n) is 5.20. The molecule has 0 unspecified atom stereocenters. The molecule has 16 heavy (non-hydrogen) atoms. The summed E-state index contributed by atoms with van der Waals surface area (Å²) in [6.07, 6.45) is 0.923. The summed E-state index contributed by atoms with van der Waals surface area (Å²) in [4.78, 5) is 13.7. The van der Waals surface area contributed by atoms with Crippen molar-refractivity contribution in [1.82, 2.24) is 4.98 Å². The Hall–Kier alpha value is -1.97. The van der Waals surface area contributed by atoms with Crippen LogP contribution in [0.15, 0.2) is 24.3 Å². The van der Waals surface area contributed by atoms with Crippen molar-refractivity contribution in [2.75, 3.05) is 6.61 Å². The second-order valence-corrected chi connectivity index (χ2v) is 3.55. The van der Waals surface area contributed by atoms with E-state index in [4.69, 9.17) is 9.84 Å². The van der Waals surface area contributed by atoms with E-state index >= 15 is 0 Å². The van der Waals surface area contributed by atoms with E-state index in [1.165, 1.54) is 0 Å². The molecule has 4 nitrogen and oxygen atoms in total. The SMILES string of the molecule is CCCOc1cccc2[nH]c(C(=O)O)cc12. The number of aromatic carboxylic acids is 1. The largest absolute Gasteiger partial charge is 0.493 e. The smallest absolute Gasteiger partial charge is 0.352 e. The highest BCUT2D eigenvalue weighted by atomic mass is 16.5. The van der Waals surface area contributed by atoms with Crippen LogP contribution in [-0.2, 0) is 0 Å². The molecule has 2 N–H and O–H groups in total. The highest BCUT2D eigenvalue weighted by molar-refractivity contribution is 5.96. The molecule has 1 heterocycles. The van der Waals surface area contributed by atoms with Crippen LogP contribution >= 0.6 is 0 Å². The molecule has 84 valence electrons. The number of hydrogen-bond donors (Lipinski definition) is 2. The Balaban J connectivity index is 2.45. The van der Waals surface area contributed by atoms with Gasteiger partial charge < -0.3 is 14.8 Å². The molecule has 0 amide bonds. The van der Waals surface area contributed by atoms with Crippen molar-refractivity contribution in [3.63, 3.8) is 0 Å². The highest BCUT2D eigenvalue weighted by Gasteiger charge is 2.10. The summed E-state index contributed by atoms with van der Waals surface area (Å²) in [6.45, 7) is 2.66. The monoisotopic (exact) mass is 219 g/mol. The third-order valence-corrected chi connectivity index (χ3v) is 2.32. The molecule has 0 aliphatic carbocycles. The van der Waals surface area contributed by atoms with Gasteiger partial charge in [-0.2, -0.15) is 0 Å². The predicted molar refractivity (Wildman–Crippen MR) is 61.0 cm³/mol. The molecule has 0 atom stereocenters. The van der Waals surface area contributed by atoms with Gasteiger partial charge >= 0.3 is 5.97 Å². The Morgan fingerprint density at radius 3 is 3.00 bits per heavy atom. The van der Waals surface area contributed by atoms with Crippen molar-refractivity contribution >= 4 is 16.9 Å². The van der Waals surface area contributed by atoms with E-state index in [2.05, 4.69) is 4.98 Å². The Kier molecular flexibility index (Phi) is 2.81. The minimum atomic E-state index is -0.961. The number of aromatic amines is 1. The lowest BCUT2D eigenvalue weighted by Crippen LogP contribution is -1.95. The maximum Gasteiger partial charge on any atom is 0.352 e. The van der Waals surface area contributed by atoms with Crippen LogP contribution in [0.1, 0.15) is 23.8 Å². The summed E-state index contributed by atoms with van der Waals surface area (Å²) < 4.78 is 5.55. The maximum atomic E-state index is 10.8. The van der Waals surface area contributed by atoms with Gasteiger partial charge in [-0.15, -0.1) is 0 Å². The van der Waals surface area contributed by atoms with Crippen LogP contribution in [-0.4, -0.2) is 22.7 Å². The summed E-state index contributed by atoms with van der Waals surface area (Å²) in [6, 6.07) is 7.12. The van der Waals surface area contributed by atoms with Gasteiger partial charge in [-0.25, -0.2) is 4.79 Å². The summed E-state index contributed by atoms with van der Waals surface area (Å²) in [5.74, 6) is -0.235. The zero-order valence-corrected chi connectivity index (χ0v) is 8.99. The van der Waals surface area contributed by atoms with Crippen LogP contribution in [0.2, 0.25) is 0 Å². The molecule has 1 aromatic heterocycles. The predicted octanol–water partition coefficient (Wildman–Crippen LogP) is 2.65. The van der Waals surface area contributed by atoms with Gasteiger partial charge in [-0.3, -0.25) is 0 Å². The zero-order valence-electron chi connectivity index (χ0n) is 8.99.